The van der Waals surface area contributed by atoms with E-state index in [4.69, 9.17) is 0 Å². The van der Waals surface area contributed by atoms with Gasteiger partial charge in [0.05, 0.1) is 0 Å². The molecule has 1 unspecified atom stereocenters. The summed E-state index contributed by atoms with van der Waals surface area (Å²) in [6.45, 7) is 2.76. The van der Waals surface area contributed by atoms with Crippen LogP contribution >= 0.6 is 15.9 Å². The topological polar surface area (TPSA) is 53.6 Å². The number of nitrogens with zero attached hydrogens (tertiary/aromatic N) is 2. The molecule has 0 radical (unpaired) electrons. The van der Waals surface area contributed by atoms with Crippen molar-refractivity contribution >= 4 is 15.9 Å². The van der Waals surface area contributed by atoms with E-state index in [0.717, 1.165) is 29.7 Å². The van der Waals surface area contributed by atoms with Crippen LogP contribution in [0.3, 0.4) is 0 Å². The lowest BCUT2D eigenvalue weighted by molar-refractivity contribution is 0.519. The number of hydrogen-bond acceptors (Lipinski definition) is 3. The molecule has 102 valence electrons. The van der Waals surface area contributed by atoms with E-state index in [1.165, 1.54) is 12.4 Å². The predicted octanol–water partition coefficient (Wildman–Crippen LogP) is 2.99. The van der Waals surface area contributed by atoms with Crippen LogP contribution in [0.1, 0.15) is 30.8 Å². The van der Waals surface area contributed by atoms with Crippen molar-refractivity contribution in [2.24, 2.45) is 0 Å². The summed E-state index contributed by atoms with van der Waals surface area (Å²) in [7, 11) is 0. The number of hydrogen-bond donors (Lipinski definition) is 2. The summed E-state index contributed by atoms with van der Waals surface area (Å²) in [4.78, 5) is 4.06. The van der Waals surface area contributed by atoms with Crippen molar-refractivity contribution in [2.45, 2.75) is 25.8 Å². The summed E-state index contributed by atoms with van der Waals surface area (Å²) in [6, 6.07) is 5.13. The summed E-state index contributed by atoms with van der Waals surface area (Å²) in [5.41, 5.74) is 0.683. The number of benzene rings is 1. The second-order valence-electron chi connectivity index (χ2n) is 4.38. The second kappa shape index (κ2) is 6.77. The van der Waals surface area contributed by atoms with E-state index in [-0.39, 0.29) is 11.9 Å². The van der Waals surface area contributed by atoms with E-state index in [0.29, 0.717) is 5.56 Å². The summed E-state index contributed by atoms with van der Waals surface area (Å²) in [6.07, 6.45) is 3.27. The molecule has 1 aromatic carbocycles. The molecule has 0 aliphatic carbocycles. The molecule has 1 heterocycles. The van der Waals surface area contributed by atoms with Crippen LogP contribution in [0.15, 0.2) is 29.0 Å². The zero-order chi connectivity index (χ0) is 13.7. The zero-order valence-corrected chi connectivity index (χ0v) is 12.2. The van der Waals surface area contributed by atoms with Gasteiger partial charge in [0.2, 0.25) is 0 Å². The molecule has 4 nitrogen and oxygen atoms in total. The summed E-state index contributed by atoms with van der Waals surface area (Å²) in [5, 5.41) is 9.92. The fourth-order valence-corrected chi connectivity index (χ4v) is 2.22. The molecular weight excluding hydrogens is 311 g/mol. The molecule has 0 fully saturated rings. The molecule has 0 saturated carbocycles. The lowest BCUT2D eigenvalue weighted by atomic mass is 10.1. The number of aromatic amines is 1. The van der Waals surface area contributed by atoms with Gasteiger partial charge in [0.15, 0.2) is 0 Å². The minimum atomic E-state index is -0.190. The first-order chi connectivity index (χ1) is 9.16. The number of H-pyrrole nitrogens is 1. The first-order valence-corrected chi connectivity index (χ1v) is 6.98. The Morgan fingerprint density at radius 2 is 2.32 bits per heavy atom. The minimum Gasteiger partial charge on any atom is -0.310 e. The highest BCUT2D eigenvalue weighted by Gasteiger charge is 2.10. The second-order valence-corrected chi connectivity index (χ2v) is 5.29. The first-order valence-electron chi connectivity index (χ1n) is 6.19. The molecule has 2 N–H and O–H groups in total. The molecule has 0 bridgehead atoms. The van der Waals surface area contributed by atoms with E-state index in [9.17, 15) is 4.39 Å². The molecule has 0 aliphatic heterocycles. The van der Waals surface area contributed by atoms with E-state index in [2.05, 4.69) is 36.4 Å². The highest BCUT2D eigenvalue weighted by atomic mass is 79.9. The number of aromatic nitrogens is 3. The SMILES string of the molecule is CC(NCCCc1ncn[nH]1)c1ccc(Br)cc1F. The third-order valence-electron chi connectivity index (χ3n) is 2.93. The van der Waals surface area contributed by atoms with E-state index in [1.807, 2.05) is 13.0 Å². The summed E-state index contributed by atoms with van der Waals surface area (Å²) in [5.74, 6) is 0.689. The Balaban J connectivity index is 1.79. The smallest absolute Gasteiger partial charge is 0.137 e. The van der Waals surface area contributed by atoms with Crippen molar-refractivity contribution in [3.63, 3.8) is 0 Å². The lowest BCUT2D eigenvalue weighted by Crippen LogP contribution is -2.21. The average molecular weight is 327 g/mol. The van der Waals surface area contributed by atoms with Gasteiger partial charge in [-0.25, -0.2) is 9.37 Å². The highest BCUT2D eigenvalue weighted by Crippen LogP contribution is 2.20. The Labute approximate surface area is 120 Å². The fraction of sp³-hybridized carbons (Fsp3) is 0.385. The maximum Gasteiger partial charge on any atom is 0.137 e. The van der Waals surface area contributed by atoms with E-state index < -0.39 is 0 Å². The van der Waals surface area contributed by atoms with Crippen LogP contribution in [0.5, 0.6) is 0 Å². The van der Waals surface area contributed by atoms with Crippen LogP contribution < -0.4 is 5.32 Å². The standard InChI is InChI=1S/C13H16BrFN4/c1-9(11-5-4-10(14)7-12(11)15)16-6-2-3-13-17-8-18-19-13/h4-5,7-9,16H,2-3,6H2,1H3,(H,17,18,19). The molecular formula is C13H16BrFN4. The van der Waals surface area contributed by atoms with Gasteiger partial charge in [-0.2, -0.15) is 5.10 Å². The molecule has 0 saturated heterocycles. The molecule has 6 heteroatoms. The molecule has 1 atom stereocenters. The molecule has 0 aliphatic rings. The average Bonchev–Trinajstić information content (AvgIpc) is 2.87. The van der Waals surface area contributed by atoms with Gasteiger partial charge in [-0.3, -0.25) is 5.10 Å². The minimum absolute atomic E-state index is 0.0113. The normalized spacial score (nSPS) is 12.6. The number of halogens is 2. The van der Waals surface area contributed by atoms with Crippen LogP contribution in [0.4, 0.5) is 4.39 Å². The predicted molar refractivity (Wildman–Crippen MR) is 75.2 cm³/mol. The maximum absolute atomic E-state index is 13.7. The zero-order valence-electron chi connectivity index (χ0n) is 10.7. The molecule has 1 aromatic heterocycles. The van der Waals surface area contributed by atoms with Crippen LogP contribution in [0, 0.1) is 5.82 Å². The monoisotopic (exact) mass is 326 g/mol. The van der Waals surface area contributed by atoms with E-state index >= 15 is 0 Å². The third kappa shape index (κ3) is 4.11. The van der Waals surface area contributed by atoms with Crippen molar-refractivity contribution < 1.29 is 4.39 Å². The van der Waals surface area contributed by atoms with Gasteiger partial charge < -0.3 is 5.32 Å². The molecule has 0 amide bonds. The Bertz CT molecular complexity index is 515. The van der Waals surface area contributed by atoms with Crippen LogP contribution in [-0.4, -0.2) is 21.7 Å². The van der Waals surface area contributed by atoms with Gasteiger partial charge in [-0.1, -0.05) is 22.0 Å². The fourth-order valence-electron chi connectivity index (χ4n) is 1.89. The third-order valence-corrected chi connectivity index (χ3v) is 3.43. The van der Waals surface area contributed by atoms with Gasteiger partial charge >= 0.3 is 0 Å². The summed E-state index contributed by atoms with van der Waals surface area (Å²) >= 11 is 3.25. The van der Waals surface area contributed by atoms with Crippen LogP contribution in [0.25, 0.3) is 0 Å². The maximum atomic E-state index is 13.7. The summed E-state index contributed by atoms with van der Waals surface area (Å²) < 4.78 is 14.5. The highest BCUT2D eigenvalue weighted by molar-refractivity contribution is 9.10. The van der Waals surface area contributed by atoms with Crippen molar-refractivity contribution in [1.29, 1.82) is 0 Å². The van der Waals surface area contributed by atoms with Crippen molar-refractivity contribution in [3.8, 4) is 0 Å². The van der Waals surface area contributed by atoms with Gasteiger partial charge in [0.1, 0.15) is 18.0 Å². The van der Waals surface area contributed by atoms with Crippen molar-refractivity contribution in [3.05, 3.63) is 46.2 Å². The van der Waals surface area contributed by atoms with Gasteiger partial charge in [-0.05, 0) is 32.0 Å². The molecule has 19 heavy (non-hydrogen) atoms. The van der Waals surface area contributed by atoms with Crippen LogP contribution in [0.2, 0.25) is 0 Å². The Hall–Kier alpha value is -1.27. The lowest BCUT2D eigenvalue weighted by Gasteiger charge is -2.15. The Morgan fingerprint density at radius 3 is 3.00 bits per heavy atom. The van der Waals surface area contributed by atoms with Crippen molar-refractivity contribution in [2.75, 3.05) is 6.54 Å². The van der Waals surface area contributed by atoms with Crippen LogP contribution in [-0.2, 0) is 6.42 Å². The van der Waals surface area contributed by atoms with Gasteiger partial charge in [0.25, 0.3) is 0 Å². The van der Waals surface area contributed by atoms with Crippen molar-refractivity contribution in [1.82, 2.24) is 20.5 Å². The Morgan fingerprint density at radius 1 is 1.47 bits per heavy atom. The quantitative estimate of drug-likeness (QED) is 0.802. The molecule has 2 rings (SSSR count). The largest absolute Gasteiger partial charge is 0.310 e. The molecule has 0 spiro atoms. The van der Waals surface area contributed by atoms with Gasteiger partial charge in [0, 0.05) is 22.5 Å². The first kappa shape index (κ1) is 14.1. The Kier molecular flexibility index (Phi) is 5.04. The number of aryl methyl sites for hydroxylation is 1. The van der Waals surface area contributed by atoms with E-state index in [1.54, 1.807) is 6.07 Å². The number of rotatable bonds is 6. The number of nitrogens with one attached hydrogen (secondary N) is 2. The van der Waals surface area contributed by atoms with Gasteiger partial charge in [-0.15, -0.1) is 0 Å². The molecule has 2 aromatic rings.